The fourth-order valence-electron chi connectivity index (χ4n) is 3.06. The van der Waals surface area contributed by atoms with E-state index in [0.717, 1.165) is 21.7 Å². The van der Waals surface area contributed by atoms with E-state index in [1.165, 1.54) is 16.2 Å². The Kier molecular flexibility index (Phi) is 4.98. The summed E-state index contributed by atoms with van der Waals surface area (Å²) in [6.07, 6.45) is 3.29. The highest BCUT2D eigenvalue weighted by Crippen LogP contribution is 2.34. The van der Waals surface area contributed by atoms with Crippen molar-refractivity contribution in [3.63, 3.8) is 0 Å². The molecule has 3 heterocycles. The highest BCUT2D eigenvalue weighted by molar-refractivity contribution is 7.11. The summed E-state index contributed by atoms with van der Waals surface area (Å²) < 4.78 is 0. The van der Waals surface area contributed by atoms with Gasteiger partial charge in [0.2, 0.25) is 0 Å². The number of amides is 2. The molecule has 0 saturated heterocycles. The minimum absolute atomic E-state index is 0.194. The number of carbonyl (C=O) groups excluding carboxylic acids is 2. The third-order valence-corrected chi connectivity index (χ3v) is 5.60. The number of carbonyl (C=O) groups is 2. The Balaban J connectivity index is 1.73. The number of anilines is 1. The van der Waals surface area contributed by atoms with Gasteiger partial charge >= 0.3 is 0 Å². The van der Waals surface area contributed by atoms with Crippen LogP contribution in [0, 0.1) is 6.92 Å². The number of nitrogens with zero attached hydrogens (tertiary/aromatic N) is 2. The van der Waals surface area contributed by atoms with Crippen LogP contribution in [-0.4, -0.2) is 21.7 Å². The van der Waals surface area contributed by atoms with Crippen LogP contribution in [0.15, 0.2) is 65.9 Å². The molecule has 0 spiro atoms. The number of aromatic nitrogens is 1. The zero-order valence-corrected chi connectivity index (χ0v) is 16.6. The predicted octanol–water partition coefficient (Wildman–Crippen LogP) is 4.50. The molecule has 0 saturated carbocycles. The molecule has 4 rings (SSSR count). The first-order chi connectivity index (χ1) is 13.5. The van der Waals surface area contributed by atoms with Crippen LogP contribution in [0.2, 0.25) is 5.02 Å². The van der Waals surface area contributed by atoms with Crippen molar-refractivity contribution in [2.24, 2.45) is 0 Å². The van der Waals surface area contributed by atoms with Gasteiger partial charge in [-0.05, 0) is 59.8 Å². The summed E-state index contributed by atoms with van der Waals surface area (Å²) in [4.78, 5) is 32.3. The Labute approximate surface area is 171 Å². The van der Waals surface area contributed by atoms with Gasteiger partial charge in [0.25, 0.3) is 11.8 Å². The number of nitrogens with one attached hydrogen (secondary N) is 1. The molecule has 7 heteroatoms. The van der Waals surface area contributed by atoms with E-state index in [2.05, 4.69) is 10.3 Å². The second kappa shape index (κ2) is 7.58. The van der Waals surface area contributed by atoms with Gasteiger partial charge in [-0.15, -0.1) is 11.3 Å². The molecule has 2 amide bonds. The van der Waals surface area contributed by atoms with Crippen LogP contribution in [0.25, 0.3) is 5.57 Å². The quantitative estimate of drug-likeness (QED) is 0.630. The summed E-state index contributed by atoms with van der Waals surface area (Å²) in [7, 11) is 0. The zero-order chi connectivity index (χ0) is 19.7. The van der Waals surface area contributed by atoms with Gasteiger partial charge in [0.1, 0.15) is 5.70 Å². The maximum Gasteiger partial charge on any atom is 0.278 e. The summed E-state index contributed by atoms with van der Waals surface area (Å²) in [6, 6.07) is 12.7. The molecule has 1 N–H and O–H groups in total. The van der Waals surface area contributed by atoms with Crippen molar-refractivity contribution in [1.29, 1.82) is 0 Å². The van der Waals surface area contributed by atoms with E-state index in [0.29, 0.717) is 10.6 Å². The number of halogens is 1. The van der Waals surface area contributed by atoms with Gasteiger partial charge in [0.05, 0.1) is 12.1 Å². The van der Waals surface area contributed by atoms with Crippen molar-refractivity contribution in [2.45, 2.75) is 13.5 Å². The molecule has 0 unspecified atom stereocenters. The van der Waals surface area contributed by atoms with Gasteiger partial charge in [0, 0.05) is 28.0 Å². The van der Waals surface area contributed by atoms with E-state index in [1.54, 1.807) is 36.7 Å². The lowest BCUT2D eigenvalue weighted by atomic mass is 10.1. The highest BCUT2D eigenvalue weighted by atomic mass is 35.5. The van der Waals surface area contributed by atoms with Crippen LogP contribution in [-0.2, 0) is 16.1 Å². The Morgan fingerprint density at radius 3 is 2.57 bits per heavy atom. The number of rotatable bonds is 5. The summed E-state index contributed by atoms with van der Waals surface area (Å²) in [5.74, 6) is -0.655. The minimum Gasteiger partial charge on any atom is -0.350 e. The standard InChI is InChI=1S/C21H16ClN3O2S/c1-13-11-15(22)4-5-16(13)24-19-18(17-3-2-10-28-17)20(26)25(21(19)27)12-14-6-8-23-9-7-14/h2-11,24H,12H2,1H3. The lowest BCUT2D eigenvalue weighted by molar-refractivity contribution is -0.137. The van der Waals surface area contributed by atoms with Crippen molar-refractivity contribution in [1.82, 2.24) is 9.88 Å². The van der Waals surface area contributed by atoms with E-state index in [4.69, 9.17) is 11.6 Å². The van der Waals surface area contributed by atoms with E-state index in [-0.39, 0.29) is 24.1 Å². The third kappa shape index (κ3) is 3.44. The van der Waals surface area contributed by atoms with Crippen LogP contribution >= 0.6 is 22.9 Å². The van der Waals surface area contributed by atoms with E-state index < -0.39 is 0 Å². The molecule has 28 heavy (non-hydrogen) atoms. The molecule has 0 fully saturated rings. The molecule has 0 radical (unpaired) electrons. The van der Waals surface area contributed by atoms with Crippen LogP contribution in [0.1, 0.15) is 16.0 Å². The SMILES string of the molecule is Cc1cc(Cl)ccc1NC1=C(c2cccs2)C(=O)N(Cc2ccncc2)C1=O. The van der Waals surface area contributed by atoms with Gasteiger partial charge in [0.15, 0.2) is 0 Å². The Morgan fingerprint density at radius 2 is 1.89 bits per heavy atom. The first-order valence-corrected chi connectivity index (χ1v) is 9.87. The number of hydrogen-bond donors (Lipinski definition) is 1. The summed E-state index contributed by atoms with van der Waals surface area (Å²) in [6.45, 7) is 2.09. The van der Waals surface area contributed by atoms with Crippen LogP contribution in [0.4, 0.5) is 5.69 Å². The molecule has 3 aromatic rings. The zero-order valence-electron chi connectivity index (χ0n) is 15.0. The third-order valence-electron chi connectivity index (χ3n) is 4.47. The van der Waals surface area contributed by atoms with Gasteiger partial charge in [-0.3, -0.25) is 19.5 Å². The molecular weight excluding hydrogens is 394 g/mol. The van der Waals surface area contributed by atoms with Crippen LogP contribution in [0.3, 0.4) is 0 Å². The summed E-state index contributed by atoms with van der Waals surface area (Å²) in [5, 5.41) is 5.67. The molecule has 0 aliphatic carbocycles. The Bertz CT molecular complexity index is 1080. The lowest BCUT2D eigenvalue weighted by Crippen LogP contribution is -2.32. The molecule has 2 aromatic heterocycles. The fraction of sp³-hybridized carbons (Fsp3) is 0.0952. The average molecular weight is 410 g/mol. The maximum atomic E-state index is 13.2. The van der Waals surface area contributed by atoms with Crippen LogP contribution in [0.5, 0.6) is 0 Å². The normalized spacial score (nSPS) is 14.1. The topological polar surface area (TPSA) is 62.3 Å². The van der Waals surface area contributed by atoms with Gasteiger partial charge < -0.3 is 5.32 Å². The van der Waals surface area contributed by atoms with E-state index in [1.807, 2.05) is 30.5 Å². The van der Waals surface area contributed by atoms with Gasteiger partial charge in [-0.2, -0.15) is 0 Å². The molecule has 1 aliphatic rings. The number of benzene rings is 1. The smallest absolute Gasteiger partial charge is 0.278 e. The minimum atomic E-state index is -0.348. The number of aryl methyl sites for hydroxylation is 1. The van der Waals surface area contributed by atoms with Crippen molar-refractivity contribution in [2.75, 3.05) is 5.32 Å². The van der Waals surface area contributed by atoms with E-state index >= 15 is 0 Å². The molecule has 1 aliphatic heterocycles. The second-order valence-corrected chi connectivity index (χ2v) is 7.75. The van der Waals surface area contributed by atoms with Crippen molar-refractivity contribution in [3.8, 4) is 0 Å². The van der Waals surface area contributed by atoms with E-state index in [9.17, 15) is 9.59 Å². The predicted molar refractivity (Wildman–Crippen MR) is 111 cm³/mol. The van der Waals surface area contributed by atoms with Gasteiger partial charge in [-0.25, -0.2) is 0 Å². The number of pyridine rings is 1. The summed E-state index contributed by atoms with van der Waals surface area (Å²) in [5.41, 5.74) is 3.14. The number of imide groups is 1. The van der Waals surface area contributed by atoms with Crippen LogP contribution < -0.4 is 5.32 Å². The molecule has 5 nitrogen and oxygen atoms in total. The first kappa shape index (κ1) is 18.4. The number of thiophene rings is 1. The van der Waals surface area contributed by atoms with Crippen molar-refractivity contribution >= 4 is 46.0 Å². The average Bonchev–Trinajstić information content (AvgIpc) is 3.28. The Morgan fingerprint density at radius 1 is 1.11 bits per heavy atom. The highest BCUT2D eigenvalue weighted by Gasteiger charge is 2.39. The maximum absolute atomic E-state index is 13.2. The monoisotopic (exact) mass is 409 g/mol. The van der Waals surface area contributed by atoms with Crippen molar-refractivity contribution < 1.29 is 9.59 Å². The summed E-state index contributed by atoms with van der Waals surface area (Å²) >= 11 is 7.46. The molecular formula is C21H16ClN3O2S. The lowest BCUT2D eigenvalue weighted by Gasteiger charge is -2.15. The Hall–Kier alpha value is -2.96. The second-order valence-electron chi connectivity index (χ2n) is 6.36. The van der Waals surface area contributed by atoms with Crippen molar-refractivity contribution in [3.05, 3.63) is 87.0 Å². The molecule has 1 aromatic carbocycles. The largest absolute Gasteiger partial charge is 0.350 e. The number of hydrogen-bond acceptors (Lipinski definition) is 5. The first-order valence-electron chi connectivity index (χ1n) is 8.61. The van der Waals surface area contributed by atoms with Gasteiger partial charge in [-0.1, -0.05) is 17.7 Å². The molecule has 0 bridgehead atoms. The molecule has 140 valence electrons. The molecule has 0 atom stereocenters. The fourth-order valence-corrected chi connectivity index (χ4v) is 4.05.